The number of nitrogens with two attached hydrogens (primary N) is 1. The Labute approximate surface area is 102 Å². The molecule has 1 aromatic rings. The van der Waals surface area contributed by atoms with Crippen molar-refractivity contribution in [2.75, 3.05) is 5.32 Å². The zero-order valence-electron chi connectivity index (χ0n) is 10.6. The van der Waals surface area contributed by atoms with Gasteiger partial charge in [0.15, 0.2) is 0 Å². The third-order valence-corrected chi connectivity index (χ3v) is 3.53. The van der Waals surface area contributed by atoms with Gasteiger partial charge in [0, 0.05) is 18.3 Å². The first-order chi connectivity index (χ1) is 7.98. The standard InChI is InChI=1S/C14H21FN2/c1-14(2)4-3-12(8-14)17-13-6-10(9-16)5-11(15)7-13/h5-7,12,17H,3-4,8-9,16H2,1-2H3. The Balaban J connectivity index is 2.06. The summed E-state index contributed by atoms with van der Waals surface area (Å²) in [6, 6.07) is 5.43. The summed E-state index contributed by atoms with van der Waals surface area (Å²) >= 11 is 0. The Kier molecular flexibility index (Phi) is 3.38. The highest BCUT2D eigenvalue weighted by molar-refractivity contribution is 5.47. The Hall–Kier alpha value is -1.09. The number of benzene rings is 1. The van der Waals surface area contributed by atoms with E-state index in [1.165, 1.54) is 12.5 Å². The third kappa shape index (κ3) is 3.19. The molecule has 3 heteroatoms. The van der Waals surface area contributed by atoms with Gasteiger partial charge in [-0.25, -0.2) is 4.39 Å². The van der Waals surface area contributed by atoms with Crippen LogP contribution in [0.5, 0.6) is 0 Å². The number of anilines is 1. The summed E-state index contributed by atoms with van der Waals surface area (Å²) in [6.07, 6.45) is 3.52. The van der Waals surface area contributed by atoms with Gasteiger partial charge in [0.05, 0.1) is 0 Å². The molecule has 94 valence electrons. The molecule has 0 spiro atoms. The van der Waals surface area contributed by atoms with Crippen LogP contribution in [0.2, 0.25) is 0 Å². The number of halogens is 1. The second-order valence-electron chi connectivity index (χ2n) is 5.80. The molecular weight excluding hydrogens is 215 g/mol. The molecule has 0 radical (unpaired) electrons. The van der Waals surface area contributed by atoms with Crippen LogP contribution in [-0.4, -0.2) is 6.04 Å². The second-order valence-corrected chi connectivity index (χ2v) is 5.80. The van der Waals surface area contributed by atoms with Crippen molar-refractivity contribution in [3.05, 3.63) is 29.6 Å². The number of rotatable bonds is 3. The van der Waals surface area contributed by atoms with Crippen LogP contribution in [0.15, 0.2) is 18.2 Å². The first kappa shape index (κ1) is 12.4. The zero-order valence-corrected chi connectivity index (χ0v) is 10.6. The highest BCUT2D eigenvalue weighted by Crippen LogP contribution is 2.38. The summed E-state index contributed by atoms with van der Waals surface area (Å²) < 4.78 is 13.3. The molecule has 1 fully saturated rings. The topological polar surface area (TPSA) is 38.0 Å². The van der Waals surface area contributed by atoms with Crippen molar-refractivity contribution in [2.24, 2.45) is 11.1 Å². The lowest BCUT2D eigenvalue weighted by Crippen LogP contribution is -2.17. The van der Waals surface area contributed by atoms with E-state index in [1.807, 2.05) is 6.07 Å². The highest BCUT2D eigenvalue weighted by Gasteiger charge is 2.30. The van der Waals surface area contributed by atoms with Crippen LogP contribution in [0.25, 0.3) is 0 Å². The molecule has 3 N–H and O–H groups in total. The van der Waals surface area contributed by atoms with Crippen molar-refractivity contribution >= 4 is 5.69 Å². The minimum Gasteiger partial charge on any atom is -0.382 e. The molecular formula is C14H21FN2. The molecule has 1 aliphatic carbocycles. The van der Waals surface area contributed by atoms with E-state index in [9.17, 15) is 4.39 Å². The minimum atomic E-state index is -0.215. The fourth-order valence-corrected chi connectivity index (χ4v) is 2.65. The van der Waals surface area contributed by atoms with Crippen molar-refractivity contribution in [1.29, 1.82) is 0 Å². The summed E-state index contributed by atoms with van der Waals surface area (Å²) in [6.45, 7) is 4.94. The summed E-state index contributed by atoms with van der Waals surface area (Å²) in [5, 5.41) is 3.42. The van der Waals surface area contributed by atoms with Gasteiger partial charge in [0.2, 0.25) is 0 Å². The summed E-state index contributed by atoms with van der Waals surface area (Å²) in [7, 11) is 0. The summed E-state index contributed by atoms with van der Waals surface area (Å²) in [5.74, 6) is -0.215. The molecule has 0 amide bonds. The lowest BCUT2D eigenvalue weighted by atomic mass is 9.92. The average Bonchev–Trinajstić information content (AvgIpc) is 2.57. The molecule has 1 aliphatic rings. The van der Waals surface area contributed by atoms with Crippen LogP contribution in [0, 0.1) is 11.2 Å². The number of hydrogen-bond donors (Lipinski definition) is 2. The Morgan fingerprint density at radius 2 is 2.18 bits per heavy atom. The molecule has 0 bridgehead atoms. The Morgan fingerprint density at radius 1 is 1.41 bits per heavy atom. The van der Waals surface area contributed by atoms with Gasteiger partial charge in [0.1, 0.15) is 5.82 Å². The van der Waals surface area contributed by atoms with E-state index in [0.29, 0.717) is 18.0 Å². The molecule has 1 atom stereocenters. The fraction of sp³-hybridized carbons (Fsp3) is 0.571. The van der Waals surface area contributed by atoms with E-state index in [-0.39, 0.29) is 5.82 Å². The largest absolute Gasteiger partial charge is 0.382 e. The molecule has 1 aromatic carbocycles. The van der Waals surface area contributed by atoms with Crippen LogP contribution in [-0.2, 0) is 6.54 Å². The summed E-state index contributed by atoms with van der Waals surface area (Å²) in [4.78, 5) is 0. The van der Waals surface area contributed by atoms with E-state index >= 15 is 0 Å². The van der Waals surface area contributed by atoms with Gasteiger partial charge in [-0.05, 0) is 48.4 Å². The third-order valence-electron chi connectivity index (χ3n) is 3.53. The SMILES string of the molecule is CC1(C)CCC(Nc2cc(F)cc(CN)c2)C1. The molecule has 0 aromatic heterocycles. The highest BCUT2D eigenvalue weighted by atomic mass is 19.1. The van der Waals surface area contributed by atoms with Gasteiger partial charge in [-0.1, -0.05) is 13.8 Å². The van der Waals surface area contributed by atoms with Gasteiger partial charge < -0.3 is 11.1 Å². The van der Waals surface area contributed by atoms with Crippen molar-refractivity contribution in [2.45, 2.75) is 45.7 Å². The molecule has 2 nitrogen and oxygen atoms in total. The van der Waals surface area contributed by atoms with Crippen molar-refractivity contribution < 1.29 is 4.39 Å². The maximum Gasteiger partial charge on any atom is 0.125 e. The fourth-order valence-electron chi connectivity index (χ4n) is 2.65. The number of nitrogens with one attached hydrogen (secondary N) is 1. The maximum atomic E-state index is 13.3. The van der Waals surface area contributed by atoms with E-state index < -0.39 is 0 Å². The van der Waals surface area contributed by atoms with Gasteiger partial charge in [-0.2, -0.15) is 0 Å². The monoisotopic (exact) mass is 236 g/mol. The van der Waals surface area contributed by atoms with Crippen LogP contribution in [0.4, 0.5) is 10.1 Å². The van der Waals surface area contributed by atoms with Crippen LogP contribution in [0.1, 0.15) is 38.7 Å². The van der Waals surface area contributed by atoms with Crippen molar-refractivity contribution in [3.63, 3.8) is 0 Å². The number of hydrogen-bond acceptors (Lipinski definition) is 2. The average molecular weight is 236 g/mol. The lowest BCUT2D eigenvalue weighted by Gasteiger charge is -2.19. The predicted molar refractivity (Wildman–Crippen MR) is 69.3 cm³/mol. The van der Waals surface area contributed by atoms with E-state index in [0.717, 1.165) is 24.1 Å². The normalized spacial score (nSPS) is 22.7. The molecule has 0 saturated heterocycles. The van der Waals surface area contributed by atoms with E-state index in [4.69, 9.17) is 5.73 Å². The predicted octanol–water partition coefficient (Wildman–Crippen LogP) is 3.28. The Bertz CT molecular complexity index is 401. The van der Waals surface area contributed by atoms with Crippen LogP contribution < -0.4 is 11.1 Å². The zero-order chi connectivity index (χ0) is 12.5. The molecule has 0 aliphatic heterocycles. The van der Waals surface area contributed by atoms with Gasteiger partial charge in [-0.15, -0.1) is 0 Å². The van der Waals surface area contributed by atoms with Crippen molar-refractivity contribution in [1.82, 2.24) is 0 Å². The molecule has 0 heterocycles. The first-order valence-electron chi connectivity index (χ1n) is 6.25. The second kappa shape index (κ2) is 4.65. The quantitative estimate of drug-likeness (QED) is 0.845. The van der Waals surface area contributed by atoms with Gasteiger partial charge >= 0.3 is 0 Å². The smallest absolute Gasteiger partial charge is 0.125 e. The molecule has 17 heavy (non-hydrogen) atoms. The molecule has 1 saturated carbocycles. The van der Waals surface area contributed by atoms with Crippen molar-refractivity contribution in [3.8, 4) is 0 Å². The summed E-state index contributed by atoms with van der Waals surface area (Å²) in [5.41, 5.74) is 7.64. The Morgan fingerprint density at radius 3 is 2.76 bits per heavy atom. The minimum absolute atomic E-state index is 0.215. The molecule has 2 rings (SSSR count). The van der Waals surface area contributed by atoms with Crippen LogP contribution >= 0.6 is 0 Å². The maximum absolute atomic E-state index is 13.3. The van der Waals surface area contributed by atoms with Crippen LogP contribution in [0.3, 0.4) is 0 Å². The van der Waals surface area contributed by atoms with Gasteiger partial charge in [-0.3, -0.25) is 0 Å². The first-order valence-corrected chi connectivity index (χ1v) is 6.25. The lowest BCUT2D eigenvalue weighted by molar-refractivity contribution is 0.378. The van der Waals surface area contributed by atoms with E-state index in [1.54, 1.807) is 6.07 Å². The van der Waals surface area contributed by atoms with E-state index in [2.05, 4.69) is 19.2 Å². The molecule has 1 unspecified atom stereocenters. The van der Waals surface area contributed by atoms with Gasteiger partial charge in [0.25, 0.3) is 0 Å².